The van der Waals surface area contributed by atoms with Crippen LogP contribution in [0.4, 0.5) is 0 Å². The minimum absolute atomic E-state index is 0.187. The molecular weight excluding hydrogens is 300 g/mol. The summed E-state index contributed by atoms with van der Waals surface area (Å²) < 4.78 is 0. The van der Waals surface area contributed by atoms with Crippen LogP contribution in [0.1, 0.15) is 19.4 Å². The van der Waals surface area contributed by atoms with E-state index in [1.165, 1.54) is 5.56 Å². The fourth-order valence-corrected chi connectivity index (χ4v) is 2.61. The second kappa shape index (κ2) is 9.09. The molecule has 2 rings (SSSR count). The summed E-state index contributed by atoms with van der Waals surface area (Å²) in [7, 11) is 0. The Kier molecular flexibility index (Phi) is 6.83. The van der Waals surface area contributed by atoms with Gasteiger partial charge >= 0.3 is 0 Å². The zero-order valence-electron chi connectivity index (χ0n) is 14.5. The number of nitrogens with zero attached hydrogens (tertiary/aromatic N) is 3. The van der Waals surface area contributed by atoms with Gasteiger partial charge in [-0.05, 0) is 11.5 Å². The molecule has 0 aromatic heterocycles. The van der Waals surface area contributed by atoms with Gasteiger partial charge in [-0.2, -0.15) is 5.26 Å². The lowest BCUT2D eigenvalue weighted by molar-refractivity contribution is -0.117. The Morgan fingerprint density at radius 2 is 1.92 bits per heavy atom. The van der Waals surface area contributed by atoms with Crippen LogP contribution in [0.15, 0.2) is 42.1 Å². The van der Waals surface area contributed by atoms with Gasteiger partial charge in [-0.25, -0.2) is 0 Å². The van der Waals surface area contributed by atoms with Gasteiger partial charge in [-0.15, -0.1) is 0 Å². The summed E-state index contributed by atoms with van der Waals surface area (Å²) >= 11 is 0. The van der Waals surface area contributed by atoms with Crippen LogP contribution in [0.2, 0.25) is 0 Å². The Balaban J connectivity index is 1.84. The molecule has 128 valence electrons. The zero-order chi connectivity index (χ0) is 17.4. The second-order valence-corrected chi connectivity index (χ2v) is 6.56. The highest BCUT2D eigenvalue weighted by atomic mass is 16.1. The summed E-state index contributed by atoms with van der Waals surface area (Å²) in [4.78, 5) is 16.5. The second-order valence-electron chi connectivity index (χ2n) is 6.56. The topological polar surface area (TPSA) is 59.4 Å². The Morgan fingerprint density at radius 3 is 2.50 bits per heavy atom. The molecular formula is C19H26N4O. The molecule has 5 nitrogen and oxygen atoms in total. The smallest absolute Gasteiger partial charge is 0.263 e. The molecule has 1 amide bonds. The Hall–Kier alpha value is -2.32. The summed E-state index contributed by atoms with van der Waals surface area (Å²) in [6.07, 6.45) is 1.70. The molecule has 1 N–H and O–H groups in total. The SMILES string of the molecule is CC(C)CNC(=O)/C(C#N)=C\N1CCN(Cc2ccccc2)CC1. The minimum atomic E-state index is -0.280. The molecule has 1 aliphatic rings. The summed E-state index contributed by atoms with van der Waals surface area (Å²) in [6, 6.07) is 12.4. The van der Waals surface area contributed by atoms with Crippen LogP contribution < -0.4 is 5.32 Å². The maximum absolute atomic E-state index is 12.0. The van der Waals surface area contributed by atoms with Gasteiger partial charge in [0.2, 0.25) is 0 Å². The van der Waals surface area contributed by atoms with E-state index in [0.717, 1.165) is 32.7 Å². The Bertz CT molecular complexity index is 596. The average molecular weight is 326 g/mol. The van der Waals surface area contributed by atoms with Crippen LogP contribution in [-0.2, 0) is 11.3 Å². The third-order valence-corrected chi connectivity index (χ3v) is 4.00. The van der Waals surface area contributed by atoms with Crippen molar-refractivity contribution in [3.8, 4) is 6.07 Å². The first-order chi connectivity index (χ1) is 11.6. The van der Waals surface area contributed by atoms with Crippen LogP contribution >= 0.6 is 0 Å². The monoisotopic (exact) mass is 326 g/mol. The maximum Gasteiger partial charge on any atom is 0.263 e. The van der Waals surface area contributed by atoms with Crippen molar-refractivity contribution < 1.29 is 4.79 Å². The lowest BCUT2D eigenvalue weighted by Crippen LogP contribution is -2.44. The van der Waals surface area contributed by atoms with E-state index in [9.17, 15) is 10.1 Å². The van der Waals surface area contributed by atoms with E-state index in [4.69, 9.17) is 0 Å². The molecule has 1 heterocycles. The highest BCUT2D eigenvalue weighted by molar-refractivity contribution is 5.97. The van der Waals surface area contributed by atoms with Crippen molar-refractivity contribution >= 4 is 5.91 Å². The molecule has 24 heavy (non-hydrogen) atoms. The quantitative estimate of drug-likeness (QED) is 0.641. The Labute approximate surface area is 144 Å². The molecule has 1 fully saturated rings. The van der Waals surface area contributed by atoms with Crippen molar-refractivity contribution in [3.63, 3.8) is 0 Å². The largest absolute Gasteiger partial charge is 0.374 e. The molecule has 0 saturated carbocycles. The van der Waals surface area contributed by atoms with E-state index < -0.39 is 0 Å². The van der Waals surface area contributed by atoms with Gasteiger partial charge in [0.1, 0.15) is 11.6 Å². The van der Waals surface area contributed by atoms with Crippen LogP contribution in [0, 0.1) is 17.2 Å². The minimum Gasteiger partial charge on any atom is -0.374 e. The normalized spacial score (nSPS) is 16.1. The van der Waals surface area contributed by atoms with E-state index in [1.807, 2.05) is 26.0 Å². The van der Waals surface area contributed by atoms with Crippen LogP contribution in [-0.4, -0.2) is 48.4 Å². The highest BCUT2D eigenvalue weighted by Gasteiger charge is 2.17. The van der Waals surface area contributed by atoms with Crippen LogP contribution in [0.25, 0.3) is 0 Å². The first-order valence-corrected chi connectivity index (χ1v) is 8.49. The van der Waals surface area contributed by atoms with Gasteiger partial charge in [0.15, 0.2) is 0 Å². The number of nitriles is 1. The van der Waals surface area contributed by atoms with Crippen molar-refractivity contribution in [2.75, 3.05) is 32.7 Å². The standard InChI is InChI=1S/C19H26N4O/c1-16(2)13-21-19(24)18(12-20)15-23-10-8-22(9-11-23)14-17-6-4-3-5-7-17/h3-7,15-16H,8-11,13-14H2,1-2H3,(H,21,24)/b18-15-. The van der Waals surface area contributed by atoms with Gasteiger partial charge in [0, 0.05) is 45.5 Å². The lowest BCUT2D eigenvalue weighted by atomic mass is 10.2. The van der Waals surface area contributed by atoms with Crippen molar-refractivity contribution in [2.45, 2.75) is 20.4 Å². The third-order valence-electron chi connectivity index (χ3n) is 4.00. The fraction of sp³-hybridized carbons (Fsp3) is 0.474. The number of hydrogen-bond donors (Lipinski definition) is 1. The van der Waals surface area contributed by atoms with Gasteiger partial charge in [0.05, 0.1) is 0 Å². The first kappa shape index (κ1) is 18.0. The number of rotatable bonds is 6. The van der Waals surface area contributed by atoms with Crippen molar-refractivity contribution in [2.24, 2.45) is 5.92 Å². The first-order valence-electron chi connectivity index (χ1n) is 8.49. The molecule has 1 saturated heterocycles. The molecule has 1 aromatic rings. The molecule has 0 atom stereocenters. The summed E-state index contributed by atoms with van der Waals surface area (Å²) in [5.74, 6) is 0.0911. The Morgan fingerprint density at radius 1 is 1.25 bits per heavy atom. The van der Waals surface area contributed by atoms with Crippen molar-refractivity contribution in [3.05, 3.63) is 47.7 Å². The molecule has 0 unspecified atom stereocenters. The van der Waals surface area contributed by atoms with E-state index in [-0.39, 0.29) is 11.5 Å². The number of benzene rings is 1. The predicted molar refractivity (Wildman–Crippen MR) is 94.8 cm³/mol. The number of amides is 1. The van der Waals surface area contributed by atoms with E-state index in [2.05, 4.69) is 39.4 Å². The van der Waals surface area contributed by atoms with Gasteiger partial charge in [0.25, 0.3) is 5.91 Å². The fourth-order valence-electron chi connectivity index (χ4n) is 2.61. The lowest BCUT2D eigenvalue weighted by Gasteiger charge is -2.34. The van der Waals surface area contributed by atoms with Crippen molar-refractivity contribution in [1.82, 2.24) is 15.1 Å². The van der Waals surface area contributed by atoms with Gasteiger partial charge in [-0.1, -0.05) is 44.2 Å². The number of piperazine rings is 1. The summed E-state index contributed by atoms with van der Waals surface area (Å²) in [5.41, 5.74) is 1.50. The van der Waals surface area contributed by atoms with Gasteiger partial charge in [-0.3, -0.25) is 9.69 Å². The number of nitrogens with one attached hydrogen (secondary N) is 1. The van der Waals surface area contributed by atoms with Crippen LogP contribution in [0.5, 0.6) is 0 Å². The molecule has 0 bridgehead atoms. The third kappa shape index (κ3) is 5.71. The van der Waals surface area contributed by atoms with Crippen LogP contribution in [0.3, 0.4) is 0 Å². The van der Waals surface area contributed by atoms with E-state index in [0.29, 0.717) is 12.5 Å². The molecule has 0 spiro atoms. The molecule has 1 aromatic carbocycles. The number of hydrogen-bond acceptors (Lipinski definition) is 4. The van der Waals surface area contributed by atoms with E-state index >= 15 is 0 Å². The zero-order valence-corrected chi connectivity index (χ0v) is 14.5. The van der Waals surface area contributed by atoms with Gasteiger partial charge < -0.3 is 10.2 Å². The van der Waals surface area contributed by atoms with E-state index in [1.54, 1.807) is 6.20 Å². The highest BCUT2D eigenvalue weighted by Crippen LogP contribution is 2.09. The average Bonchev–Trinajstić information content (AvgIpc) is 2.60. The molecule has 0 aliphatic carbocycles. The molecule has 1 aliphatic heterocycles. The van der Waals surface area contributed by atoms with Crippen molar-refractivity contribution in [1.29, 1.82) is 5.26 Å². The number of carbonyl (C=O) groups excluding carboxylic acids is 1. The molecule has 0 radical (unpaired) electrons. The summed E-state index contributed by atoms with van der Waals surface area (Å²) in [6.45, 7) is 9.10. The summed E-state index contributed by atoms with van der Waals surface area (Å²) in [5, 5.41) is 12.0. The predicted octanol–water partition coefficient (Wildman–Crippen LogP) is 1.98. The maximum atomic E-state index is 12.0. The molecule has 5 heteroatoms. The number of carbonyl (C=O) groups is 1.